The molecule has 2 aromatic rings. The number of rotatable bonds is 2. The number of sulfonamides is 1. The Kier molecular flexibility index (Phi) is 3.24. The number of benzene rings is 2. The summed E-state index contributed by atoms with van der Waals surface area (Å²) in [6, 6.07) is 11.4. The molecule has 8 nitrogen and oxygen atoms in total. The van der Waals surface area contributed by atoms with Gasteiger partial charge in [0.25, 0.3) is 0 Å². The molecule has 0 saturated carbocycles. The number of primary sulfonamides is 1. The molecule has 1 heterocycles. The number of carbonyl (C=O) groups is 1. The van der Waals surface area contributed by atoms with Crippen LogP contribution in [0.4, 0.5) is 21.9 Å². The highest BCUT2D eigenvalue weighted by Gasteiger charge is 2.30. The lowest BCUT2D eigenvalue weighted by Gasteiger charge is -2.36. The van der Waals surface area contributed by atoms with E-state index in [-0.39, 0.29) is 10.6 Å². The van der Waals surface area contributed by atoms with Gasteiger partial charge in [-0.25, -0.2) is 18.4 Å². The second-order valence-electron chi connectivity index (χ2n) is 4.59. The molecule has 22 heavy (non-hydrogen) atoms. The van der Waals surface area contributed by atoms with Crippen molar-refractivity contribution in [1.82, 2.24) is 0 Å². The summed E-state index contributed by atoms with van der Waals surface area (Å²) in [5.74, 6) is 0. The first-order valence-corrected chi connectivity index (χ1v) is 7.74. The van der Waals surface area contributed by atoms with Crippen molar-refractivity contribution < 1.29 is 18.4 Å². The largest absolute Gasteiger partial charge is 0.347 e. The molecule has 3 rings (SSSR count). The molecule has 0 bridgehead atoms. The van der Waals surface area contributed by atoms with Crippen LogP contribution >= 0.6 is 0 Å². The maximum atomic E-state index is 12.1. The Morgan fingerprint density at radius 2 is 1.68 bits per heavy atom. The van der Waals surface area contributed by atoms with Gasteiger partial charge in [0.15, 0.2) is 0 Å². The molecule has 0 aromatic heterocycles. The van der Waals surface area contributed by atoms with Gasteiger partial charge < -0.3 is 5.32 Å². The van der Waals surface area contributed by atoms with Crippen molar-refractivity contribution >= 4 is 33.1 Å². The molecule has 0 unspecified atom stereocenters. The third-order valence-electron chi connectivity index (χ3n) is 3.15. The lowest BCUT2D eigenvalue weighted by Crippen LogP contribution is -2.50. The van der Waals surface area contributed by atoms with E-state index in [4.69, 9.17) is 5.14 Å². The fourth-order valence-corrected chi connectivity index (χ4v) is 2.63. The van der Waals surface area contributed by atoms with Crippen molar-refractivity contribution in [3.63, 3.8) is 0 Å². The van der Waals surface area contributed by atoms with Crippen LogP contribution in [-0.4, -0.2) is 19.7 Å². The first-order chi connectivity index (χ1) is 10.4. The van der Waals surface area contributed by atoms with Gasteiger partial charge in [0.2, 0.25) is 10.0 Å². The van der Waals surface area contributed by atoms with Crippen LogP contribution in [0.5, 0.6) is 0 Å². The molecular weight excluding hydrogens is 308 g/mol. The van der Waals surface area contributed by atoms with Gasteiger partial charge in [-0.15, -0.1) is 0 Å². The number of para-hydroxylation sites is 2. The Balaban J connectivity index is 2.00. The monoisotopic (exact) mass is 320 g/mol. The number of nitrogens with one attached hydrogen (secondary N) is 1. The van der Waals surface area contributed by atoms with Gasteiger partial charge in [-0.1, -0.05) is 12.1 Å². The van der Waals surface area contributed by atoms with Gasteiger partial charge in [-0.3, -0.25) is 5.21 Å². The van der Waals surface area contributed by atoms with Crippen molar-refractivity contribution in [2.24, 2.45) is 5.14 Å². The summed E-state index contributed by atoms with van der Waals surface area (Å²) >= 11 is 0. The molecule has 1 aliphatic heterocycles. The molecule has 0 fully saturated rings. The van der Waals surface area contributed by atoms with Gasteiger partial charge in [0.1, 0.15) is 5.69 Å². The van der Waals surface area contributed by atoms with Gasteiger partial charge in [0, 0.05) is 0 Å². The van der Waals surface area contributed by atoms with E-state index in [1.807, 2.05) is 0 Å². The number of hydrogen-bond donors (Lipinski definition) is 3. The van der Waals surface area contributed by atoms with Crippen LogP contribution in [-0.2, 0) is 10.0 Å². The summed E-state index contributed by atoms with van der Waals surface area (Å²) in [6.07, 6.45) is 0. The fourth-order valence-electron chi connectivity index (χ4n) is 2.12. The molecule has 2 amide bonds. The Bertz CT molecular complexity index is 835. The maximum Gasteiger partial charge on any atom is 0.347 e. The Morgan fingerprint density at radius 1 is 1.05 bits per heavy atom. The van der Waals surface area contributed by atoms with Crippen molar-refractivity contribution in [3.05, 3.63) is 48.5 Å². The van der Waals surface area contributed by atoms with Crippen LogP contribution in [0.15, 0.2) is 53.4 Å². The predicted molar refractivity (Wildman–Crippen MR) is 80.0 cm³/mol. The highest BCUT2D eigenvalue weighted by Crippen LogP contribution is 2.32. The number of anilines is 3. The van der Waals surface area contributed by atoms with Crippen molar-refractivity contribution in [3.8, 4) is 0 Å². The number of hydrogen-bond acceptors (Lipinski definition) is 5. The lowest BCUT2D eigenvalue weighted by molar-refractivity contribution is 0.221. The lowest BCUT2D eigenvalue weighted by atomic mass is 10.2. The quantitative estimate of drug-likeness (QED) is 0.775. The zero-order valence-electron chi connectivity index (χ0n) is 11.2. The SMILES string of the molecule is NS(=O)(=O)c1ccc(N2C(=O)Nc3ccccc3N2O)cc1. The molecule has 4 N–H and O–H groups in total. The zero-order chi connectivity index (χ0) is 15.9. The summed E-state index contributed by atoms with van der Waals surface area (Å²) in [6.45, 7) is 0. The van der Waals surface area contributed by atoms with E-state index in [1.165, 1.54) is 24.3 Å². The van der Waals surface area contributed by atoms with Crippen LogP contribution in [0.1, 0.15) is 0 Å². The summed E-state index contributed by atoms with van der Waals surface area (Å²) in [4.78, 5) is 12.0. The average molecular weight is 320 g/mol. The van der Waals surface area contributed by atoms with E-state index in [9.17, 15) is 18.4 Å². The molecule has 0 spiro atoms. The van der Waals surface area contributed by atoms with E-state index in [0.717, 1.165) is 5.01 Å². The number of nitrogens with zero attached hydrogens (tertiary/aromatic N) is 2. The number of hydrazine groups is 1. The Morgan fingerprint density at radius 3 is 2.32 bits per heavy atom. The Labute approximate surface area is 126 Å². The highest BCUT2D eigenvalue weighted by atomic mass is 32.2. The second-order valence-corrected chi connectivity index (χ2v) is 6.15. The van der Waals surface area contributed by atoms with Gasteiger partial charge >= 0.3 is 6.03 Å². The third-order valence-corrected chi connectivity index (χ3v) is 4.08. The first-order valence-electron chi connectivity index (χ1n) is 6.20. The van der Waals surface area contributed by atoms with Crippen LogP contribution < -0.4 is 20.6 Å². The van der Waals surface area contributed by atoms with Gasteiger partial charge in [-0.2, -0.15) is 10.2 Å². The molecule has 9 heteroatoms. The van der Waals surface area contributed by atoms with Crippen LogP contribution in [0.25, 0.3) is 0 Å². The number of fused-ring (bicyclic) bond motifs is 1. The normalized spacial score (nSPS) is 14.5. The van der Waals surface area contributed by atoms with E-state index < -0.39 is 16.1 Å². The van der Waals surface area contributed by atoms with Crippen molar-refractivity contribution in [2.75, 3.05) is 15.5 Å². The van der Waals surface area contributed by atoms with E-state index in [1.54, 1.807) is 24.3 Å². The molecular formula is C13H12N4O4S. The van der Waals surface area contributed by atoms with Crippen molar-refractivity contribution in [2.45, 2.75) is 4.90 Å². The summed E-state index contributed by atoms with van der Waals surface area (Å²) < 4.78 is 22.5. The highest BCUT2D eigenvalue weighted by molar-refractivity contribution is 7.89. The summed E-state index contributed by atoms with van der Waals surface area (Å²) in [5, 5.41) is 19.5. The summed E-state index contributed by atoms with van der Waals surface area (Å²) in [5.41, 5.74) is 1.13. The van der Waals surface area contributed by atoms with E-state index in [0.29, 0.717) is 16.5 Å². The molecule has 2 aromatic carbocycles. The maximum absolute atomic E-state index is 12.1. The predicted octanol–water partition coefficient (Wildman–Crippen LogP) is 1.50. The number of carbonyl (C=O) groups excluding carboxylic acids is 1. The molecule has 0 radical (unpaired) electrons. The minimum atomic E-state index is -3.82. The standard InChI is InChI=1S/C13H12N4O4S/c14-22(20,21)10-7-5-9(6-8-10)16-13(18)15-11-3-1-2-4-12(11)17(16)19/h1-8,19H,(H,15,18)(H2,14,20,21). The minimum Gasteiger partial charge on any atom is -0.304 e. The topological polar surface area (TPSA) is 116 Å². The molecule has 114 valence electrons. The second kappa shape index (κ2) is 4.98. The van der Waals surface area contributed by atoms with Crippen LogP contribution in [0.2, 0.25) is 0 Å². The van der Waals surface area contributed by atoms with Crippen molar-refractivity contribution in [1.29, 1.82) is 0 Å². The van der Waals surface area contributed by atoms with Crippen LogP contribution in [0, 0.1) is 0 Å². The van der Waals surface area contributed by atoms with Gasteiger partial charge in [0.05, 0.1) is 16.3 Å². The van der Waals surface area contributed by atoms with E-state index in [2.05, 4.69) is 5.32 Å². The number of amides is 2. The van der Waals surface area contributed by atoms with Gasteiger partial charge in [-0.05, 0) is 36.4 Å². The minimum absolute atomic E-state index is 0.0847. The zero-order valence-corrected chi connectivity index (χ0v) is 12.0. The molecule has 0 aliphatic carbocycles. The average Bonchev–Trinajstić information content (AvgIpc) is 2.47. The van der Waals surface area contributed by atoms with E-state index >= 15 is 0 Å². The third kappa shape index (κ3) is 2.37. The molecule has 0 saturated heterocycles. The fraction of sp³-hybridized carbons (Fsp3) is 0. The first kappa shape index (κ1) is 14.3. The Hall–Kier alpha value is -2.62. The molecule has 1 aliphatic rings. The number of urea groups is 1. The van der Waals surface area contributed by atoms with Crippen LogP contribution in [0.3, 0.4) is 0 Å². The smallest absolute Gasteiger partial charge is 0.304 e. The molecule has 0 atom stereocenters. The number of nitrogens with two attached hydrogens (primary N) is 1. The summed E-state index contributed by atoms with van der Waals surface area (Å²) in [7, 11) is -3.82.